The van der Waals surface area contributed by atoms with Crippen molar-refractivity contribution in [3.05, 3.63) is 30.3 Å². The van der Waals surface area contributed by atoms with E-state index in [4.69, 9.17) is 0 Å². The third-order valence-corrected chi connectivity index (χ3v) is 4.21. The van der Waals surface area contributed by atoms with Gasteiger partial charge in [-0.2, -0.15) is 0 Å². The van der Waals surface area contributed by atoms with E-state index in [1.165, 1.54) is 12.8 Å². The highest BCUT2D eigenvalue weighted by atomic mass is 15.4. The summed E-state index contributed by atoms with van der Waals surface area (Å²) >= 11 is 0. The van der Waals surface area contributed by atoms with Gasteiger partial charge in [0.2, 0.25) is 5.95 Å². The molecule has 1 aliphatic heterocycles. The first-order chi connectivity index (χ1) is 9.68. The molecule has 106 valence electrons. The smallest absolute Gasteiger partial charge is 0.227 e. The Balaban J connectivity index is 1.95. The molecule has 2 aromatic rings. The molecule has 0 aliphatic carbocycles. The van der Waals surface area contributed by atoms with Crippen molar-refractivity contribution in [2.45, 2.75) is 32.7 Å². The molecule has 20 heavy (non-hydrogen) atoms. The van der Waals surface area contributed by atoms with E-state index in [0.29, 0.717) is 12.0 Å². The number of anilines is 1. The molecule has 0 N–H and O–H groups in total. The van der Waals surface area contributed by atoms with E-state index in [1.807, 2.05) is 18.2 Å². The van der Waals surface area contributed by atoms with Crippen molar-refractivity contribution in [1.29, 1.82) is 0 Å². The van der Waals surface area contributed by atoms with E-state index in [9.17, 15) is 0 Å². The molecular weight excluding hydrogens is 248 g/mol. The van der Waals surface area contributed by atoms with Gasteiger partial charge < -0.3 is 4.90 Å². The van der Waals surface area contributed by atoms with Gasteiger partial charge in [-0.25, -0.2) is 0 Å². The summed E-state index contributed by atoms with van der Waals surface area (Å²) in [5.74, 6) is 2.59. The summed E-state index contributed by atoms with van der Waals surface area (Å²) < 4.78 is 2.12. The van der Waals surface area contributed by atoms with Crippen LogP contribution in [0.2, 0.25) is 0 Å². The van der Waals surface area contributed by atoms with E-state index >= 15 is 0 Å². The Morgan fingerprint density at radius 1 is 1.15 bits per heavy atom. The van der Waals surface area contributed by atoms with Crippen LogP contribution in [0, 0.1) is 5.92 Å². The maximum absolute atomic E-state index is 4.45. The number of rotatable bonds is 3. The van der Waals surface area contributed by atoms with E-state index in [2.05, 4.69) is 52.7 Å². The minimum absolute atomic E-state index is 0.585. The van der Waals surface area contributed by atoms with Gasteiger partial charge in [-0.05, 0) is 18.8 Å². The maximum Gasteiger partial charge on any atom is 0.227 e. The van der Waals surface area contributed by atoms with Crippen LogP contribution in [-0.4, -0.2) is 27.4 Å². The predicted octanol–water partition coefficient (Wildman–Crippen LogP) is 3.11. The summed E-state index contributed by atoms with van der Waals surface area (Å²) in [7, 11) is 2.06. The molecule has 1 unspecified atom stereocenters. The van der Waals surface area contributed by atoms with Crippen LogP contribution in [0.4, 0.5) is 5.95 Å². The molecule has 1 fully saturated rings. The van der Waals surface area contributed by atoms with Crippen molar-refractivity contribution in [1.82, 2.24) is 14.8 Å². The van der Waals surface area contributed by atoms with Crippen LogP contribution in [0.1, 0.15) is 26.7 Å². The predicted molar refractivity (Wildman–Crippen MR) is 81.6 cm³/mol. The molecule has 0 spiro atoms. The first kappa shape index (κ1) is 13.2. The second kappa shape index (κ2) is 5.27. The van der Waals surface area contributed by atoms with Crippen molar-refractivity contribution < 1.29 is 0 Å². The van der Waals surface area contributed by atoms with Gasteiger partial charge in [0.15, 0.2) is 5.82 Å². The highest BCUT2D eigenvalue weighted by Crippen LogP contribution is 2.30. The van der Waals surface area contributed by atoms with Crippen LogP contribution < -0.4 is 4.90 Å². The fourth-order valence-corrected chi connectivity index (χ4v) is 3.14. The Kier molecular flexibility index (Phi) is 3.47. The molecule has 1 aliphatic rings. The van der Waals surface area contributed by atoms with Crippen LogP contribution >= 0.6 is 0 Å². The number of hydrogen-bond acceptors (Lipinski definition) is 3. The van der Waals surface area contributed by atoms with E-state index in [-0.39, 0.29) is 0 Å². The van der Waals surface area contributed by atoms with Gasteiger partial charge in [0.05, 0.1) is 0 Å². The minimum Gasteiger partial charge on any atom is -0.338 e. The summed E-state index contributed by atoms with van der Waals surface area (Å²) in [6.45, 7) is 5.67. The average Bonchev–Trinajstić information content (AvgIpc) is 3.06. The van der Waals surface area contributed by atoms with Crippen LogP contribution in [-0.2, 0) is 7.05 Å². The van der Waals surface area contributed by atoms with Crippen molar-refractivity contribution in [3.63, 3.8) is 0 Å². The Morgan fingerprint density at radius 3 is 2.60 bits per heavy atom. The summed E-state index contributed by atoms with van der Waals surface area (Å²) in [6.07, 6.45) is 2.50. The lowest BCUT2D eigenvalue weighted by molar-refractivity contribution is 0.484. The third kappa shape index (κ3) is 2.19. The van der Waals surface area contributed by atoms with Crippen molar-refractivity contribution in [3.8, 4) is 11.4 Å². The Hall–Kier alpha value is -1.84. The molecule has 1 atom stereocenters. The second-order valence-corrected chi connectivity index (χ2v) is 5.90. The molecular formula is C16H22N4. The molecule has 4 heteroatoms. The van der Waals surface area contributed by atoms with Gasteiger partial charge >= 0.3 is 0 Å². The van der Waals surface area contributed by atoms with Gasteiger partial charge in [0, 0.05) is 25.2 Å². The van der Waals surface area contributed by atoms with Crippen molar-refractivity contribution >= 4 is 5.95 Å². The summed E-state index contributed by atoms with van der Waals surface area (Å²) in [5.41, 5.74) is 1.12. The number of aromatic nitrogens is 3. The zero-order valence-corrected chi connectivity index (χ0v) is 12.5. The maximum atomic E-state index is 4.45. The van der Waals surface area contributed by atoms with E-state index in [0.717, 1.165) is 23.9 Å². The van der Waals surface area contributed by atoms with Crippen LogP contribution in [0.25, 0.3) is 11.4 Å². The van der Waals surface area contributed by atoms with Crippen molar-refractivity contribution in [2.24, 2.45) is 13.0 Å². The summed E-state index contributed by atoms with van der Waals surface area (Å²) in [5, 5.41) is 8.84. The summed E-state index contributed by atoms with van der Waals surface area (Å²) in [4.78, 5) is 2.42. The fourth-order valence-electron chi connectivity index (χ4n) is 3.14. The Bertz CT molecular complexity index is 573. The molecule has 1 aromatic carbocycles. The quantitative estimate of drug-likeness (QED) is 0.859. The summed E-state index contributed by atoms with van der Waals surface area (Å²) in [6, 6.07) is 10.8. The Morgan fingerprint density at radius 2 is 1.90 bits per heavy atom. The molecule has 2 heterocycles. The van der Waals surface area contributed by atoms with Crippen LogP contribution in [0.3, 0.4) is 0 Å². The third-order valence-electron chi connectivity index (χ3n) is 4.21. The zero-order valence-electron chi connectivity index (χ0n) is 12.5. The van der Waals surface area contributed by atoms with Crippen LogP contribution in [0.5, 0.6) is 0 Å². The lowest BCUT2D eigenvalue weighted by Gasteiger charge is -2.28. The second-order valence-electron chi connectivity index (χ2n) is 5.90. The fraction of sp³-hybridized carbons (Fsp3) is 0.500. The Labute approximate surface area is 120 Å². The number of nitrogens with zero attached hydrogens (tertiary/aromatic N) is 4. The van der Waals surface area contributed by atoms with Gasteiger partial charge in [0.1, 0.15) is 0 Å². The van der Waals surface area contributed by atoms with Gasteiger partial charge in [-0.1, -0.05) is 44.2 Å². The van der Waals surface area contributed by atoms with Gasteiger partial charge in [-0.15, -0.1) is 10.2 Å². The number of benzene rings is 1. The van der Waals surface area contributed by atoms with Crippen LogP contribution in [0.15, 0.2) is 30.3 Å². The van der Waals surface area contributed by atoms with E-state index < -0.39 is 0 Å². The highest BCUT2D eigenvalue weighted by molar-refractivity contribution is 5.57. The number of hydrogen-bond donors (Lipinski definition) is 0. The van der Waals surface area contributed by atoms with Gasteiger partial charge in [-0.3, -0.25) is 4.57 Å². The van der Waals surface area contributed by atoms with Crippen molar-refractivity contribution in [2.75, 3.05) is 11.4 Å². The first-order valence-corrected chi connectivity index (χ1v) is 7.40. The lowest BCUT2D eigenvalue weighted by Crippen LogP contribution is -2.35. The molecule has 0 amide bonds. The normalized spacial score (nSPS) is 19.0. The zero-order chi connectivity index (χ0) is 14.1. The SMILES string of the molecule is CC(C)C1CCCN1c1nnc(-c2ccccc2)n1C. The largest absolute Gasteiger partial charge is 0.338 e. The topological polar surface area (TPSA) is 34.0 Å². The molecule has 0 saturated carbocycles. The molecule has 4 nitrogen and oxygen atoms in total. The molecule has 0 radical (unpaired) electrons. The molecule has 1 saturated heterocycles. The first-order valence-electron chi connectivity index (χ1n) is 7.40. The minimum atomic E-state index is 0.585. The molecule has 0 bridgehead atoms. The van der Waals surface area contributed by atoms with Gasteiger partial charge in [0.25, 0.3) is 0 Å². The molecule has 3 rings (SSSR count). The lowest BCUT2D eigenvalue weighted by atomic mass is 10.0. The monoisotopic (exact) mass is 270 g/mol. The molecule has 1 aromatic heterocycles. The standard InChI is InChI=1S/C16H22N4/c1-12(2)14-10-7-11-20(14)16-18-17-15(19(16)3)13-8-5-4-6-9-13/h4-6,8-9,12,14H,7,10-11H2,1-3H3. The average molecular weight is 270 g/mol. The highest BCUT2D eigenvalue weighted by Gasteiger charge is 2.30. The van der Waals surface area contributed by atoms with E-state index in [1.54, 1.807) is 0 Å².